The maximum Gasteiger partial charge on any atom is 0.225 e. The molecular weight excluding hydrogens is 348 g/mol. The molecule has 0 fully saturated rings. The largest absolute Gasteiger partial charge is 0.508 e. The molecule has 0 radical (unpaired) electrons. The summed E-state index contributed by atoms with van der Waals surface area (Å²) in [5.41, 5.74) is 5.39. The van der Waals surface area contributed by atoms with Gasteiger partial charge < -0.3 is 15.0 Å². The molecule has 1 aliphatic rings. The van der Waals surface area contributed by atoms with Crippen molar-refractivity contribution >= 4 is 22.5 Å². The summed E-state index contributed by atoms with van der Waals surface area (Å²) in [6.45, 7) is 0.775. The third-order valence-electron chi connectivity index (χ3n) is 5.47. The first-order valence-electron chi connectivity index (χ1n) is 9.43. The van der Waals surface area contributed by atoms with Crippen molar-refractivity contribution in [2.75, 3.05) is 5.32 Å². The number of hydrogen-bond donors (Lipinski definition) is 2. The average molecular weight is 368 g/mol. The number of anilines is 1. The number of hydrogen-bond acceptors (Lipinski definition) is 2. The topological polar surface area (TPSA) is 54.3 Å². The van der Waals surface area contributed by atoms with Crippen LogP contribution in [0.4, 0.5) is 5.69 Å². The van der Waals surface area contributed by atoms with E-state index in [1.807, 2.05) is 30.3 Å². The molecule has 0 spiro atoms. The second kappa shape index (κ2) is 6.57. The number of phenolic OH excluding ortho intramolecular Hbond substituents is 1. The van der Waals surface area contributed by atoms with E-state index in [4.69, 9.17) is 0 Å². The highest BCUT2D eigenvalue weighted by Crippen LogP contribution is 2.41. The maximum atomic E-state index is 12.5. The lowest BCUT2D eigenvalue weighted by Gasteiger charge is -2.14. The van der Waals surface area contributed by atoms with E-state index in [0.717, 1.165) is 34.3 Å². The van der Waals surface area contributed by atoms with Crippen LogP contribution >= 0.6 is 0 Å². The molecule has 0 aliphatic carbocycles. The number of nitrogens with one attached hydrogen (secondary N) is 1. The van der Waals surface area contributed by atoms with Gasteiger partial charge in [-0.15, -0.1) is 0 Å². The molecule has 2 heterocycles. The van der Waals surface area contributed by atoms with E-state index in [-0.39, 0.29) is 17.6 Å². The van der Waals surface area contributed by atoms with E-state index in [1.54, 1.807) is 12.1 Å². The Morgan fingerprint density at radius 3 is 2.54 bits per heavy atom. The van der Waals surface area contributed by atoms with Crippen LogP contribution in [0.2, 0.25) is 0 Å². The van der Waals surface area contributed by atoms with Gasteiger partial charge in [-0.3, -0.25) is 4.79 Å². The van der Waals surface area contributed by atoms with Gasteiger partial charge in [0.25, 0.3) is 0 Å². The Morgan fingerprint density at radius 1 is 0.964 bits per heavy atom. The molecule has 0 saturated carbocycles. The molecule has 0 bridgehead atoms. The number of rotatable bonds is 3. The van der Waals surface area contributed by atoms with Gasteiger partial charge >= 0.3 is 0 Å². The fraction of sp³-hybridized carbons (Fsp3) is 0.125. The zero-order chi connectivity index (χ0) is 19.1. The van der Waals surface area contributed by atoms with Crippen LogP contribution in [0.15, 0.2) is 79.0 Å². The molecule has 1 amide bonds. The fourth-order valence-corrected chi connectivity index (χ4v) is 4.16. The summed E-state index contributed by atoms with van der Waals surface area (Å²) < 4.78 is 2.26. The number of nitrogens with zero attached hydrogens (tertiary/aromatic N) is 1. The van der Waals surface area contributed by atoms with Gasteiger partial charge in [-0.25, -0.2) is 0 Å². The van der Waals surface area contributed by atoms with Gasteiger partial charge in [-0.2, -0.15) is 0 Å². The summed E-state index contributed by atoms with van der Waals surface area (Å²) in [5.74, 6) is 0.189. The lowest BCUT2D eigenvalue weighted by Crippen LogP contribution is -2.13. The summed E-state index contributed by atoms with van der Waals surface area (Å²) in [7, 11) is 0. The molecule has 138 valence electrons. The molecule has 0 unspecified atom stereocenters. The molecule has 1 atom stereocenters. The van der Waals surface area contributed by atoms with Gasteiger partial charge in [0.05, 0.1) is 11.2 Å². The van der Waals surface area contributed by atoms with Crippen molar-refractivity contribution in [3.63, 3.8) is 0 Å². The van der Waals surface area contributed by atoms with Crippen LogP contribution in [0.1, 0.15) is 29.0 Å². The van der Waals surface area contributed by atoms with Crippen molar-refractivity contribution in [3.8, 4) is 5.75 Å². The van der Waals surface area contributed by atoms with Crippen LogP contribution in [0, 0.1) is 0 Å². The number of carbonyl (C=O) groups excluding carboxylic acids is 1. The van der Waals surface area contributed by atoms with E-state index in [2.05, 4.69) is 46.4 Å². The SMILES string of the molecule is O=C1C[C@@H](c2ccc(O)cc2)c2cn(Cc3ccccc3)c3cccc(c23)N1. The van der Waals surface area contributed by atoms with Crippen LogP contribution in [-0.4, -0.2) is 15.6 Å². The predicted molar refractivity (Wildman–Crippen MR) is 111 cm³/mol. The molecule has 1 aromatic heterocycles. The Hall–Kier alpha value is -3.53. The van der Waals surface area contributed by atoms with Crippen molar-refractivity contribution in [2.45, 2.75) is 18.9 Å². The standard InChI is InChI=1S/C24H20N2O2/c27-18-11-9-17(10-12-18)19-13-23(28)25-21-7-4-8-22-24(21)20(19)15-26(22)14-16-5-2-1-3-6-16/h1-12,15,19,27H,13-14H2,(H,25,28)/t19-/m0/s1. The van der Waals surface area contributed by atoms with Crippen molar-refractivity contribution in [3.05, 3.63) is 95.7 Å². The summed E-state index contributed by atoms with van der Waals surface area (Å²) in [5, 5.41) is 13.8. The number of amides is 1. The van der Waals surface area contributed by atoms with E-state index in [0.29, 0.717) is 6.42 Å². The lowest BCUT2D eigenvalue weighted by atomic mass is 9.88. The van der Waals surface area contributed by atoms with Crippen LogP contribution < -0.4 is 5.32 Å². The number of phenols is 1. The number of aromatic nitrogens is 1. The van der Waals surface area contributed by atoms with Gasteiger partial charge in [-0.05, 0) is 41.0 Å². The molecule has 4 heteroatoms. The quantitative estimate of drug-likeness (QED) is 0.542. The highest BCUT2D eigenvalue weighted by Gasteiger charge is 2.27. The normalized spacial score (nSPS) is 16.0. The number of carbonyl (C=O) groups is 1. The van der Waals surface area contributed by atoms with Gasteiger partial charge in [0.2, 0.25) is 5.91 Å². The van der Waals surface area contributed by atoms with Crippen LogP contribution in [-0.2, 0) is 11.3 Å². The average Bonchev–Trinajstić information content (AvgIpc) is 2.99. The smallest absolute Gasteiger partial charge is 0.225 e. The van der Waals surface area contributed by atoms with Crippen LogP contribution in [0.3, 0.4) is 0 Å². The van der Waals surface area contributed by atoms with E-state index in [1.165, 1.54) is 5.56 Å². The first-order chi connectivity index (χ1) is 13.7. The fourth-order valence-electron chi connectivity index (χ4n) is 4.16. The Morgan fingerprint density at radius 2 is 1.75 bits per heavy atom. The van der Waals surface area contributed by atoms with Gasteiger partial charge in [0, 0.05) is 30.5 Å². The van der Waals surface area contributed by atoms with Crippen LogP contribution in [0.5, 0.6) is 5.75 Å². The molecule has 3 aromatic carbocycles. The Balaban J connectivity index is 1.69. The molecule has 4 nitrogen and oxygen atoms in total. The van der Waals surface area contributed by atoms with Crippen molar-refractivity contribution in [1.29, 1.82) is 0 Å². The Bertz CT molecular complexity index is 1160. The molecule has 1 aliphatic heterocycles. The third kappa shape index (κ3) is 2.83. The maximum absolute atomic E-state index is 12.5. The molecule has 4 aromatic rings. The van der Waals surface area contributed by atoms with Crippen molar-refractivity contribution in [2.24, 2.45) is 0 Å². The summed E-state index contributed by atoms with van der Waals surface area (Å²) in [6, 6.07) is 23.6. The molecule has 5 rings (SSSR count). The molecular formula is C24H20N2O2. The minimum absolute atomic E-state index is 0.0105. The number of benzene rings is 3. The molecule has 28 heavy (non-hydrogen) atoms. The summed E-state index contributed by atoms with van der Waals surface area (Å²) in [4.78, 5) is 12.5. The Labute approximate surface area is 163 Å². The first-order valence-corrected chi connectivity index (χ1v) is 9.43. The zero-order valence-electron chi connectivity index (χ0n) is 15.3. The third-order valence-corrected chi connectivity index (χ3v) is 5.47. The van der Waals surface area contributed by atoms with E-state index < -0.39 is 0 Å². The number of aromatic hydroxyl groups is 1. The van der Waals surface area contributed by atoms with E-state index >= 15 is 0 Å². The van der Waals surface area contributed by atoms with E-state index in [9.17, 15) is 9.90 Å². The Kier molecular flexibility index (Phi) is 3.90. The minimum atomic E-state index is -0.0521. The first kappa shape index (κ1) is 16.6. The van der Waals surface area contributed by atoms with Crippen molar-refractivity contribution in [1.82, 2.24) is 4.57 Å². The van der Waals surface area contributed by atoms with Crippen LogP contribution in [0.25, 0.3) is 10.9 Å². The predicted octanol–water partition coefficient (Wildman–Crippen LogP) is 4.87. The highest BCUT2D eigenvalue weighted by molar-refractivity contribution is 6.06. The molecule has 2 N–H and O–H groups in total. The van der Waals surface area contributed by atoms with Gasteiger partial charge in [-0.1, -0.05) is 48.5 Å². The van der Waals surface area contributed by atoms with Gasteiger partial charge in [0.15, 0.2) is 0 Å². The van der Waals surface area contributed by atoms with Gasteiger partial charge in [0.1, 0.15) is 5.75 Å². The second-order valence-electron chi connectivity index (χ2n) is 7.29. The molecule has 0 saturated heterocycles. The highest BCUT2D eigenvalue weighted by atomic mass is 16.3. The second-order valence-corrected chi connectivity index (χ2v) is 7.29. The van der Waals surface area contributed by atoms with Crippen molar-refractivity contribution < 1.29 is 9.90 Å². The lowest BCUT2D eigenvalue weighted by molar-refractivity contribution is -0.116. The zero-order valence-corrected chi connectivity index (χ0v) is 15.3. The monoisotopic (exact) mass is 368 g/mol. The summed E-state index contributed by atoms with van der Waals surface area (Å²) in [6.07, 6.45) is 2.56. The minimum Gasteiger partial charge on any atom is -0.508 e. The summed E-state index contributed by atoms with van der Waals surface area (Å²) >= 11 is 0.